The number of halogens is 1. The van der Waals surface area contributed by atoms with E-state index in [-0.39, 0.29) is 4.90 Å². The second kappa shape index (κ2) is 6.22. The van der Waals surface area contributed by atoms with Crippen LogP contribution in [0.25, 0.3) is 0 Å². The zero-order valence-electron chi connectivity index (χ0n) is 11.8. The van der Waals surface area contributed by atoms with Gasteiger partial charge in [0.15, 0.2) is 0 Å². The summed E-state index contributed by atoms with van der Waals surface area (Å²) in [6, 6.07) is 7.20. The summed E-state index contributed by atoms with van der Waals surface area (Å²) in [5, 5.41) is 3.65. The normalized spacial score (nSPS) is 25.3. The molecule has 21 heavy (non-hydrogen) atoms. The van der Waals surface area contributed by atoms with Crippen molar-refractivity contribution in [3.8, 4) is 0 Å². The van der Waals surface area contributed by atoms with Crippen LogP contribution in [0.2, 0.25) is 5.02 Å². The second-order valence-corrected chi connectivity index (χ2v) is 7.83. The molecule has 0 aromatic heterocycles. The Bertz CT molecular complexity index is 594. The largest absolute Gasteiger partial charge is 0.315 e. The maximum Gasteiger partial charge on any atom is 0.244 e. The number of nitrogens with one attached hydrogen (secondary N) is 1. The van der Waals surface area contributed by atoms with Crippen molar-refractivity contribution in [1.82, 2.24) is 14.5 Å². The fourth-order valence-electron chi connectivity index (χ4n) is 3.05. The summed E-state index contributed by atoms with van der Waals surface area (Å²) in [6.07, 6.45) is 1.15. The average Bonchev–Trinajstić information content (AvgIpc) is 3.02. The molecule has 5 nitrogen and oxygen atoms in total. The molecule has 2 saturated heterocycles. The lowest BCUT2D eigenvalue weighted by Gasteiger charge is -2.37. The van der Waals surface area contributed by atoms with Gasteiger partial charge in [-0.05, 0) is 25.1 Å². The molecule has 0 aliphatic carbocycles. The molecule has 0 saturated carbocycles. The molecule has 2 fully saturated rings. The van der Waals surface area contributed by atoms with Crippen LogP contribution in [0.4, 0.5) is 0 Å². The Morgan fingerprint density at radius 2 is 1.86 bits per heavy atom. The van der Waals surface area contributed by atoms with Gasteiger partial charge in [-0.2, -0.15) is 4.31 Å². The zero-order chi connectivity index (χ0) is 14.9. The van der Waals surface area contributed by atoms with E-state index >= 15 is 0 Å². The van der Waals surface area contributed by atoms with Crippen LogP contribution in [0.3, 0.4) is 0 Å². The van der Waals surface area contributed by atoms with Crippen LogP contribution in [0, 0.1) is 0 Å². The SMILES string of the molecule is O=S(=O)(c1ccccc1Cl)N1CCN(C2CCNC2)CC1. The van der Waals surface area contributed by atoms with E-state index in [4.69, 9.17) is 11.6 Å². The minimum absolute atomic E-state index is 0.211. The van der Waals surface area contributed by atoms with Crippen molar-refractivity contribution < 1.29 is 8.42 Å². The predicted molar refractivity (Wildman–Crippen MR) is 83.1 cm³/mol. The van der Waals surface area contributed by atoms with Gasteiger partial charge in [-0.25, -0.2) is 8.42 Å². The smallest absolute Gasteiger partial charge is 0.244 e. The molecule has 2 heterocycles. The van der Waals surface area contributed by atoms with Crippen molar-refractivity contribution in [2.24, 2.45) is 0 Å². The first-order chi connectivity index (χ1) is 10.1. The van der Waals surface area contributed by atoms with Crippen molar-refractivity contribution in [2.45, 2.75) is 17.4 Å². The minimum Gasteiger partial charge on any atom is -0.315 e. The van der Waals surface area contributed by atoms with Crippen LogP contribution in [-0.4, -0.2) is 62.9 Å². The summed E-state index contributed by atoms with van der Waals surface area (Å²) in [7, 11) is -3.48. The third-order valence-electron chi connectivity index (χ3n) is 4.28. The topological polar surface area (TPSA) is 52.7 Å². The highest BCUT2D eigenvalue weighted by molar-refractivity contribution is 7.89. The summed E-state index contributed by atoms with van der Waals surface area (Å²) in [5.41, 5.74) is 0. The van der Waals surface area contributed by atoms with Crippen LogP contribution >= 0.6 is 11.6 Å². The van der Waals surface area contributed by atoms with Gasteiger partial charge in [0.1, 0.15) is 4.90 Å². The summed E-state index contributed by atoms with van der Waals surface area (Å²) in [5.74, 6) is 0. The molecule has 2 aliphatic heterocycles. The number of hydrogen-bond acceptors (Lipinski definition) is 4. The average molecular weight is 330 g/mol. The fourth-order valence-corrected chi connectivity index (χ4v) is 4.97. The molecule has 1 aromatic rings. The van der Waals surface area contributed by atoms with Gasteiger partial charge in [-0.1, -0.05) is 23.7 Å². The van der Waals surface area contributed by atoms with E-state index in [0.717, 1.165) is 32.6 Å². The van der Waals surface area contributed by atoms with Crippen LogP contribution in [-0.2, 0) is 10.0 Å². The summed E-state index contributed by atoms with van der Waals surface area (Å²) < 4.78 is 26.8. The van der Waals surface area contributed by atoms with E-state index in [1.54, 1.807) is 28.6 Å². The van der Waals surface area contributed by atoms with Gasteiger partial charge >= 0.3 is 0 Å². The highest BCUT2D eigenvalue weighted by atomic mass is 35.5. The summed E-state index contributed by atoms with van der Waals surface area (Å²) in [6.45, 7) is 4.71. The molecule has 1 aromatic carbocycles. The monoisotopic (exact) mass is 329 g/mol. The molecular formula is C14H20ClN3O2S. The maximum absolute atomic E-state index is 12.6. The lowest BCUT2D eigenvalue weighted by Crippen LogP contribution is -2.52. The molecule has 0 bridgehead atoms. The molecule has 2 aliphatic rings. The van der Waals surface area contributed by atoms with E-state index in [2.05, 4.69) is 10.2 Å². The fraction of sp³-hybridized carbons (Fsp3) is 0.571. The van der Waals surface area contributed by atoms with Gasteiger partial charge in [0.2, 0.25) is 10.0 Å². The first-order valence-corrected chi connectivity index (χ1v) is 9.10. The molecule has 1 unspecified atom stereocenters. The van der Waals surface area contributed by atoms with Crippen molar-refractivity contribution >= 4 is 21.6 Å². The van der Waals surface area contributed by atoms with Gasteiger partial charge in [0.25, 0.3) is 0 Å². The molecule has 0 radical (unpaired) electrons. The number of piperazine rings is 1. The Morgan fingerprint density at radius 1 is 1.14 bits per heavy atom. The molecule has 3 rings (SSSR count). The third kappa shape index (κ3) is 3.10. The quantitative estimate of drug-likeness (QED) is 0.899. The number of nitrogens with zero attached hydrogens (tertiary/aromatic N) is 2. The molecule has 0 amide bonds. The highest BCUT2D eigenvalue weighted by Gasteiger charge is 2.32. The van der Waals surface area contributed by atoms with Crippen molar-refractivity contribution in [1.29, 1.82) is 0 Å². The standard InChI is InChI=1S/C14H20ClN3O2S/c15-13-3-1-2-4-14(13)21(19,20)18-9-7-17(8-10-18)12-5-6-16-11-12/h1-4,12,16H,5-11H2. The Labute approximate surface area is 130 Å². The van der Waals surface area contributed by atoms with E-state index in [1.165, 1.54) is 0 Å². The van der Waals surface area contributed by atoms with Gasteiger partial charge in [-0.3, -0.25) is 4.90 Å². The van der Waals surface area contributed by atoms with Gasteiger partial charge in [0, 0.05) is 38.8 Å². The third-order valence-corrected chi connectivity index (χ3v) is 6.68. The van der Waals surface area contributed by atoms with Crippen LogP contribution < -0.4 is 5.32 Å². The Hall–Kier alpha value is -0.660. The second-order valence-electron chi connectivity index (χ2n) is 5.52. The van der Waals surface area contributed by atoms with Crippen LogP contribution in [0.15, 0.2) is 29.2 Å². The molecule has 1 N–H and O–H groups in total. The Kier molecular flexibility index (Phi) is 4.51. The highest BCUT2D eigenvalue weighted by Crippen LogP contribution is 2.25. The van der Waals surface area contributed by atoms with Crippen molar-refractivity contribution in [3.05, 3.63) is 29.3 Å². The van der Waals surface area contributed by atoms with E-state index < -0.39 is 10.0 Å². The summed E-state index contributed by atoms with van der Waals surface area (Å²) >= 11 is 6.04. The first-order valence-electron chi connectivity index (χ1n) is 7.28. The molecule has 116 valence electrons. The van der Waals surface area contributed by atoms with Crippen LogP contribution in [0.5, 0.6) is 0 Å². The molecule has 0 spiro atoms. The molecular weight excluding hydrogens is 310 g/mol. The first kappa shape index (κ1) is 15.2. The molecule has 7 heteroatoms. The van der Waals surface area contributed by atoms with Gasteiger partial charge in [-0.15, -0.1) is 0 Å². The minimum atomic E-state index is -3.48. The van der Waals surface area contributed by atoms with E-state index in [0.29, 0.717) is 24.2 Å². The van der Waals surface area contributed by atoms with Gasteiger partial charge in [0.05, 0.1) is 5.02 Å². The summed E-state index contributed by atoms with van der Waals surface area (Å²) in [4.78, 5) is 2.60. The van der Waals surface area contributed by atoms with Crippen molar-refractivity contribution in [3.63, 3.8) is 0 Å². The Morgan fingerprint density at radius 3 is 2.48 bits per heavy atom. The van der Waals surface area contributed by atoms with E-state index in [9.17, 15) is 8.42 Å². The Balaban J connectivity index is 1.70. The van der Waals surface area contributed by atoms with Crippen LogP contribution in [0.1, 0.15) is 6.42 Å². The van der Waals surface area contributed by atoms with Crippen molar-refractivity contribution in [2.75, 3.05) is 39.3 Å². The number of benzene rings is 1. The molecule has 1 atom stereocenters. The lowest BCUT2D eigenvalue weighted by atomic mass is 10.2. The zero-order valence-corrected chi connectivity index (χ0v) is 13.4. The lowest BCUT2D eigenvalue weighted by molar-refractivity contribution is 0.145. The maximum atomic E-state index is 12.6. The number of hydrogen-bond donors (Lipinski definition) is 1. The number of rotatable bonds is 3. The van der Waals surface area contributed by atoms with E-state index in [1.807, 2.05) is 0 Å². The predicted octanol–water partition coefficient (Wildman–Crippen LogP) is 1.01. The number of sulfonamides is 1. The van der Waals surface area contributed by atoms with Gasteiger partial charge < -0.3 is 5.32 Å².